The van der Waals surface area contributed by atoms with Crippen molar-refractivity contribution in [3.63, 3.8) is 0 Å². The first-order chi connectivity index (χ1) is 9.20. The number of nitrogens with zero attached hydrogens (tertiary/aromatic N) is 1. The van der Waals surface area contributed by atoms with E-state index in [4.69, 9.17) is 5.73 Å². The van der Waals surface area contributed by atoms with E-state index in [1.54, 1.807) is 0 Å². The van der Waals surface area contributed by atoms with Crippen molar-refractivity contribution in [2.24, 2.45) is 5.41 Å². The molecule has 2 fully saturated rings. The Morgan fingerprint density at radius 1 is 1.16 bits per heavy atom. The number of rotatable bonds is 2. The lowest BCUT2D eigenvalue weighted by Gasteiger charge is -2.32. The summed E-state index contributed by atoms with van der Waals surface area (Å²) in [7, 11) is 0. The molecule has 0 aromatic heterocycles. The van der Waals surface area contributed by atoms with Gasteiger partial charge in [-0.3, -0.25) is 4.79 Å². The van der Waals surface area contributed by atoms with E-state index in [0.29, 0.717) is 12.5 Å². The Morgan fingerprint density at radius 2 is 1.84 bits per heavy atom. The molecule has 3 rings (SSSR count). The van der Waals surface area contributed by atoms with Crippen LogP contribution in [0.1, 0.15) is 24.8 Å². The van der Waals surface area contributed by atoms with Crippen LogP contribution in [0.15, 0.2) is 24.3 Å². The fraction of sp³-hybridized carbons (Fsp3) is 0.533. The highest BCUT2D eigenvalue weighted by Gasteiger charge is 2.46. The highest BCUT2D eigenvalue weighted by atomic mass is 16.2. The second kappa shape index (κ2) is 4.85. The van der Waals surface area contributed by atoms with Crippen LogP contribution in [0.4, 0.5) is 5.69 Å². The summed E-state index contributed by atoms with van der Waals surface area (Å²) in [6.45, 7) is 3.56. The topological polar surface area (TPSA) is 58.4 Å². The average molecular weight is 259 g/mol. The van der Waals surface area contributed by atoms with Gasteiger partial charge in [-0.25, -0.2) is 0 Å². The normalized spacial score (nSPS) is 22.1. The molecule has 3 N–H and O–H groups in total. The molecule has 0 unspecified atom stereocenters. The van der Waals surface area contributed by atoms with Crippen LogP contribution >= 0.6 is 0 Å². The monoisotopic (exact) mass is 259 g/mol. The molecule has 1 spiro atoms. The zero-order chi connectivity index (χ0) is 13.3. The Labute approximate surface area is 114 Å². The average Bonchev–Trinajstić information content (AvgIpc) is 2.72. The van der Waals surface area contributed by atoms with Gasteiger partial charge in [0.2, 0.25) is 5.91 Å². The van der Waals surface area contributed by atoms with Gasteiger partial charge in [0.25, 0.3) is 0 Å². The summed E-state index contributed by atoms with van der Waals surface area (Å²) in [5.41, 5.74) is 7.55. The minimum absolute atomic E-state index is 0.0704. The molecule has 2 aliphatic rings. The Morgan fingerprint density at radius 3 is 2.53 bits per heavy atom. The van der Waals surface area contributed by atoms with Crippen LogP contribution in [0, 0.1) is 5.41 Å². The lowest BCUT2D eigenvalue weighted by Crippen LogP contribution is -2.42. The Hall–Kier alpha value is -1.55. The molecule has 2 heterocycles. The van der Waals surface area contributed by atoms with Crippen LogP contribution in [0.3, 0.4) is 0 Å². The molecule has 0 atom stereocenters. The molecular weight excluding hydrogens is 238 g/mol. The maximum Gasteiger partial charge on any atom is 0.229 e. The third-order valence-corrected chi connectivity index (χ3v) is 4.51. The van der Waals surface area contributed by atoms with Gasteiger partial charge in [-0.05, 0) is 50.0 Å². The van der Waals surface area contributed by atoms with Crippen LogP contribution in [0.2, 0.25) is 0 Å². The van der Waals surface area contributed by atoms with Crippen LogP contribution in [0.5, 0.6) is 0 Å². The van der Waals surface area contributed by atoms with Crippen molar-refractivity contribution < 1.29 is 4.79 Å². The zero-order valence-corrected chi connectivity index (χ0v) is 11.2. The van der Waals surface area contributed by atoms with Gasteiger partial charge >= 0.3 is 0 Å². The summed E-state index contributed by atoms with van der Waals surface area (Å²) in [4.78, 5) is 14.6. The molecule has 1 aromatic rings. The number of benzene rings is 1. The molecular formula is C15H21N3O. The number of carbonyl (C=O) groups is 1. The van der Waals surface area contributed by atoms with Crippen LogP contribution in [-0.2, 0) is 11.3 Å². The van der Waals surface area contributed by atoms with Crippen LogP contribution < -0.4 is 11.1 Å². The van der Waals surface area contributed by atoms with Crippen LogP contribution in [0.25, 0.3) is 0 Å². The fourth-order valence-electron chi connectivity index (χ4n) is 3.26. The lowest BCUT2D eigenvalue weighted by atomic mass is 9.78. The third-order valence-electron chi connectivity index (χ3n) is 4.51. The van der Waals surface area contributed by atoms with E-state index in [-0.39, 0.29) is 5.41 Å². The molecule has 4 nitrogen and oxygen atoms in total. The summed E-state index contributed by atoms with van der Waals surface area (Å²) in [6, 6.07) is 7.82. The summed E-state index contributed by atoms with van der Waals surface area (Å²) in [6.07, 6.45) is 3.00. The van der Waals surface area contributed by atoms with Gasteiger partial charge in [-0.15, -0.1) is 0 Å². The highest BCUT2D eigenvalue weighted by molar-refractivity contribution is 5.85. The van der Waals surface area contributed by atoms with Crippen molar-refractivity contribution in [3.8, 4) is 0 Å². The molecule has 0 aliphatic carbocycles. The van der Waals surface area contributed by atoms with E-state index in [1.807, 2.05) is 29.2 Å². The predicted octanol–water partition coefficient (Wildman–Crippen LogP) is 1.37. The summed E-state index contributed by atoms with van der Waals surface area (Å²) in [5, 5.41) is 3.34. The summed E-state index contributed by atoms with van der Waals surface area (Å²) in [5.74, 6) is 0.353. The van der Waals surface area contributed by atoms with Crippen molar-refractivity contribution in [1.82, 2.24) is 10.2 Å². The minimum atomic E-state index is -0.0704. The molecule has 102 valence electrons. The number of amides is 1. The van der Waals surface area contributed by atoms with E-state index in [2.05, 4.69) is 5.32 Å². The van der Waals surface area contributed by atoms with E-state index in [0.717, 1.165) is 50.1 Å². The van der Waals surface area contributed by atoms with E-state index >= 15 is 0 Å². The SMILES string of the molecule is Nc1ccc(CN2CCC3(CCNCC3)C2=O)cc1. The number of carbonyl (C=O) groups excluding carboxylic acids is 1. The highest BCUT2D eigenvalue weighted by Crippen LogP contribution is 2.40. The first-order valence-corrected chi connectivity index (χ1v) is 7.04. The first-order valence-electron chi connectivity index (χ1n) is 7.04. The molecule has 2 aliphatic heterocycles. The molecule has 2 saturated heterocycles. The van der Waals surface area contributed by atoms with Crippen molar-refractivity contribution in [3.05, 3.63) is 29.8 Å². The smallest absolute Gasteiger partial charge is 0.229 e. The Kier molecular flexibility index (Phi) is 3.19. The maximum absolute atomic E-state index is 12.6. The van der Waals surface area contributed by atoms with Gasteiger partial charge in [0.05, 0.1) is 5.41 Å². The molecule has 19 heavy (non-hydrogen) atoms. The number of nitrogens with two attached hydrogens (primary N) is 1. The molecule has 0 bridgehead atoms. The van der Waals surface area contributed by atoms with Crippen molar-refractivity contribution >= 4 is 11.6 Å². The number of piperidine rings is 1. The largest absolute Gasteiger partial charge is 0.399 e. The molecule has 1 aromatic carbocycles. The van der Waals surface area contributed by atoms with Crippen molar-refractivity contribution in [2.45, 2.75) is 25.8 Å². The lowest BCUT2D eigenvalue weighted by molar-refractivity contribution is -0.137. The number of nitrogen functional groups attached to an aromatic ring is 1. The van der Waals surface area contributed by atoms with E-state index in [1.165, 1.54) is 0 Å². The number of hydrogen-bond donors (Lipinski definition) is 2. The number of likely N-dealkylation sites (tertiary alicyclic amines) is 1. The zero-order valence-electron chi connectivity index (χ0n) is 11.2. The molecule has 0 radical (unpaired) electrons. The van der Waals surface area contributed by atoms with Crippen molar-refractivity contribution in [1.29, 1.82) is 0 Å². The van der Waals surface area contributed by atoms with Gasteiger partial charge in [0, 0.05) is 18.8 Å². The van der Waals surface area contributed by atoms with Crippen LogP contribution in [-0.4, -0.2) is 30.4 Å². The quantitative estimate of drug-likeness (QED) is 0.789. The van der Waals surface area contributed by atoms with Gasteiger partial charge in [0.1, 0.15) is 0 Å². The fourth-order valence-corrected chi connectivity index (χ4v) is 3.26. The summed E-state index contributed by atoms with van der Waals surface area (Å²) >= 11 is 0. The maximum atomic E-state index is 12.6. The van der Waals surface area contributed by atoms with Crippen molar-refractivity contribution in [2.75, 3.05) is 25.4 Å². The first kappa shape index (κ1) is 12.5. The van der Waals surface area contributed by atoms with E-state index < -0.39 is 0 Å². The Bertz CT molecular complexity index is 463. The molecule has 0 saturated carbocycles. The predicted molar refractivity (Wildman–Crippen MR) is 75.4 cm³/mol. The van der Waals surface area contributed by atoms with Gasteiger partial charge in [-0.1, -0.05) is 12.1 Å². The Balaban J connectivity index is 1.70. The second-order valence-corrected chi connectivity index (χ2v) is 5.75. The molecule has 1 amide bonds. The standard InChI is InChI=1S/C15H21N3O/c16-13-3-1-12(2-4-13)11-18-10-7-15(14(18)19)5-8-17-9-6-15/h1-4,17H,5-11,16H2. The molecule has 4 heteroatoms. The second-order valence-electron chi connectivity index (χ2n) is 5.75. The number of hydrogen-bond acceptors (Lipinski definition) is 3. The number of nitrogens with one attached hydrogen (secondary N) is 1. The summed E-state index contributed by atoms with van der Waals surface area (Å²) < 4.78 is 0. The van der Waals surface area contributed by atoms with Gasteiger partial charge in [-0.2, -0.15) is 0 Å². The third kappa shape index (κ3) is 2.32. The van der Waals surface area contributed by atoms with E-state index in [9.17, 15) is 4.79 Å². The number of anilines is 1. The van der Waals surface area contributed by atoms with Gasteiger partial charge < -0.3 is 16.0 Å². The minimum Gasteiger partial charge on any atom is -0.399 e. The van der Waals surface area contributed by atoms with Gasteiger partial charge in [0.15, 0.2) is 0 Å².